The summed E-state index contributed by atoms with van der Waals surface area (Å²) in [4.78, 5) is 13.2. The van der Waals surface area contributed by atoms with E-state index in [4.69, 9.17) is 74.2 Å². The van der Waals surface area contributed by atoms with Gasteiger partial charge >= 0.3 is 13.8 Å². The molecule has 2 atom stereocenters. The first-order chi connectivity index (χ1) is 24.0. The number of hydrogen-bond donors (Lipinski definition) is 1. The Labute approximate surface area is 305 Å². The normalized spacial score (nSPS) is 15.3. The van der Waals surface area contributed by atoms with Crippen LogP contribution < -0.4 is 0 Å². The van der Waals surface area contributed by atoms with Crippen LogP contribution in [0.2, 0.25) is 20.1 Å². The van der Waals surface area contributed by atoms with E-state index in [9.17, 15) is 23.2 Å². The number of esters is 1. The van der Waals surface area contributed by atoms with Crippen LogP contribution in [-0.4, -0.2) is 29.9 Å². The SMILES string of the molecule is O=C1O[C@H]([C@H](CO)OP(=O)(OCc2ccccc2)OCc2ccccc2)C(OCc2c(F)ccc(Cl)c2Cl)=C1OCc1c(F)ccc(Cl)c1Cl. The zero-order valence-electron chi connectivity index (χ0n) is 25.7. The van der Waals surface area contributed by atoms with Crippen LogP contribution in [0.15, 0.2) is 96.4 Å². The largest absolute Gasteiger partial charge is 0.485 e. The number of phosphoric ester groups is 1. The maximum absolute atomic E-state index is 14.8. The van der Waals surface area contributed by atoms with Gasteiger partial charge in [-0.1, -0.05) is 107 Å². The number of carbonyl (C=O) groups excluding carboxylic acids is 1. The van der Waals surface area contributed by atoms with Crippen LogP contribution in [-0.2, 0) is 63.6 Å². The summed E-state index contributed by atoms with van der Waals surface area (Å²) in [6.45, 7) is -2.63. The van der Waals surface area contributed by atoms with Crippen LogP contribution in [0.1, 0.15) is 22.3 Å². The number of ether oxygens (including phenoxy) is 3. The second-order valence-corrected chi connectivity index (χ2v) is 13.7. The van der Waals surface area contributed by atoms with Crippen LogP contribution in [0, 0.1) is 11.6 Å². The average Bonchev–Trinajstić information content (AvgIpc) is 3.44. The summed E-state index contributed by atoms with van der Waals surface area (Å²) in [5, 5.41) is 10.2. The Hall–Kier alpha value is -3.22. The minimum absolute atomic E-state index is 0.0159. The van der Waals surface area contributed by atoms with Crippen molar-refractivity contribution < 1.29 is 51.0 Å². The standard InChI is InChI=1S/C34H27Cl4F2O9P/c35-24-11-13-26(39)22(29(24)37)18-44-32-31(48-34(42)33(32)45-19-23-27(40)14-12-25(36)30(23)38)28(15-41)49-50(43,46-16-20-7-3-1-4-8-20)47-17-21-9-5-2-6-10-21/h1-14,28,31,41H,15-19H2/t28-,31+/m0/s1. The molecule has 0 saturated heterocycles. The van der Waals surface area contributed by atoms with Gasteiger partial charge in [-0.2, -0.15) is 0 Å². The lowest BCUT2D eigenvalue weighted by molar-refractivity contribution is -0.148. The molecule has 16 heteroatoms. The molecule has 9 nitrogen and oxygen atoms in total. The van der Waals surface area contributed by atoms with Gasteiger partial charge in [0.1, 0.15) is 31.0 Å². The van der Waals surface area contributed by atoms with Gasteiger partial charge in [-0.25, -0.2) is 18.1 Å². The quantitative estimate of drug-likeness (QED) is 0.0675. The number of rotatable bonds is 16. The van der Waals surface area contributed by atoms with Crippen LogP contribution >= 0.6 is 54.2 Å². The molecule has 0 amide bonds. The summed E-state index contributed by atoms with van der Waals surface area (Å²) >= 11 is 24.5. The Morgan fingerprint density at radius 2 is 1.20 bits per heavy atom. The number of carbonyl (C=O) groups is 1. The third kappa shape index (κ3) is 9.36. The van der Waals surface area contributed by atoms with E-state index in [0.29, 0.717) is 11.1 Å². The number of hydrogen-bond acceptors (Lipinski definition) is 9. The molecule has 0 saturated carbocycles. The molecule has 0 fully saturated rings. The Balaban J connectivity index is 1.47. The number of halogens is 6. The predicted molar refractivity (Wildman–Crippen MR) is 181 cm³/mol. The van der Waals surface area contributed by atoms with Crippen molar-refractivity contribution in [3.63, 3.8) is 0 Å². The summed E-state index contributed by atoms with van der Waals surface area (Å²) in [7, 11) is -4.57. The van der Waals surface area contributed by atoms with Crippen molar-refractivity contribution in [1.82, 2.24) is 0 Å². The molecule has 0 aliphatic carbocycles. The van der Waals surface area contributed by atoms with E-state index in [-0.39, 0.29) is 44.4 Å². The Kier molecular flexibility index (Phi) is 13.2. The van der Waals surface area contributed by atoms with Crippen molar-refractivity contribution in [2.75, 3.05) is 6.61 Å². The molecule has 4 aromatic carbocycles. The second-order valence-electron chi connectivity index (χ2n) is 10.5. The maximum Gasteiger partial charge on any atom is 0.475 e. The number of aliphatic hydroxyl groups excluding tert-OH is 1. The smallest absolute Gasteiger partial charge is 0.475 e. The van der Waals surface area contributed by atoms with Gasteiger partial charge in [-0.15, -0.1) is 0 Å². The van der Waals surface area contributed by atoms with Gasteiger partial charge in [0.25, 0.3) is 0 Å². The van der Waals surface area contributed by atoms with Gasteiger partial charge in [0.2, 0.25) is 5.76 Å². The summed E-state index contributed by atoms with van der Waals surface area (Å²) in [6.07, 6.45) is -3.34. The topological polar surface area (TPSA) is 110 Å². The zero-order chi connectivity index (χ0) is 35.8. The number of cyclic esters (lactones) is 1. The minimum atomic E-state index is -4.57. The van der Waals surface area contributed by atoms with Gasteiger partial charge < -0.3 is 19.3 Å². The highest BCUT2D eigenvalue weighted by Gasteiger charge is 2.46. The molecule has 0 bridgehead atoms. The fourth-order valence-corrected chi connectivity index (χ4v) is 6.66. The molecule has 264 valence electrons. The van der Waals surface area contributed by atoms with Crippen molar-refractivity contribution in [3.05, 3.63) is 150 Å². The summed E-state index contributed by atoms with van der Waals surface area (Å²) in [5.41, 5.74) is 0.852. The molecule has 0 radical (unpaired) electrons. The summed E-state index contributed by atoms with van der Waals surface area (Å²) < 4.78 is 77.6. The molecule has 4 aromatic rings. The van der Waals surface area contributed by atoms with Gasteiger partial charge in [0.15, 0.2) is 11.9 Å². The Morgan fingerprint density at radius 3 is 1.68 bits per heavy atom. The third-order valence-electron chi connectivity index (χ3n) is 7.16. The van der Waals surface area contributed by atoms with Crippen LogP contribution in [0.3, 0.4) is 0 Å². The van der Waals surface area contributed by atoms with Crippen LogP contribution in [0.4, 0.5) is 8.78 Å². The van der Waals surface area contributed by atoms with Crippen molar-refractivity contribution in [2.24, 2.45) is 0 Å². The van der Waals surface area contributed by atoms with Crippen LogP contribution in [0.5, 0.6) is 0 Å². The minimum Gasteiger partial charge on any atom is -0.485 e. The molecule has 50 heavy (non-hydrogen) atoms. The fraction of sp³-hybridized carbons (Fsp3) is 0.206. The highest BCUT2D eigenvalue weighted by molar-refractivity contribution is 7.48. The van der Waals surface area contributed by atoms with Crippen molar-refractivity contribution in [2.45, 2.75) is 38.6 Å². The van der Waals surface area contributed by atoms with Crippen LogP contribution in [0.25, 0.3) is 0 Å². The predicted octanol–water partition coefficient (Wildman–Crippen LogP) is 9.37. The van der Waals surface area contributed by atoms with Gasteiger partial charge in [0.05, 0.1) is 39.9 Å². The molecule has 0 spiro atoms. The number of benzene rings is 4. The van der Waals surface area contributed by atoms with Crippen molar-refractivity contribution >= 4 is 60.2 Å². The van der Waals surface area contributed by atoms with E-state index in [1.807, 2.05) is 0 Å². The summed E-state index contributed by atoms with van der Waals surface area (Å²) in [6, 6.07) is 22.0. The Bertz CT molecular complexity index is 1850. The zero-order valence-corrected chi connectivity index (χ0v) is 29.6. The highest BCUT2D eigenvalue weighted by atomic mass is 35.5. The van der Waals surface area contributed by atoms with Crippen molar-refractivity contribution in [3.8, 4) is 0 Å². The lowest BCUT2D eigenvalue weighted by atomic mass is 10.1. The molecular formula is C34H27Cl4F2O9P. The molecule has 1 aliphatic rings. The Morgan fingerprint density at radius 1 is 0.720 bits per heavy atom. The number of aliphatic hydroxyl groups is 1. The second kappa shape index (κ2) is 17.3. The van der Waals surface area contributed by atoms with Gasteiger partial charge in [0, 0.05) is 11.1 Å². The van der Waals surface area contributed by atoms with Gasteiger partial charge in [-0.3, -0.25) is 13.6 Å². The molecule has 1 aliphatic heterocycles. The average molecular weight is 790 g/mol. The van der Waals surface area contributed by atoms with Crippen molar-refractivity contribution in [1.29, 1.82) is 0 Å². The van der Waals surface area contributed by atoms with E-state index in [1.54, 1.807) is 60.7 Å². The highest BCUT2D eigenvalue weighted by Crippen LogP contribution is 2.53. The van der Waals surface area contributed by atoms with E-state index < -0.39 is 69.0 Å². The molecular weight excluding hydrogens is 763 g/mol. The maximum atomic E-state index is 14.8. The molecule has 1 heterocycles. The van der Waals surface area contributed by atoms with E-state index in [1.165, 1.54) is 12.1 Å². The number of phosphoric acid groups is 1. The first-order valence-corrected chi connectivity index (χ1v) is 17.7. The van der Waals surface area contributed by atoms with E-state index in [2.05, 4.69) is 0 Å². The third-order valence-corrected chi connectivity index (χ3v) is 10.3. The molecule has 0 unspecified atom stereocenters. The molecule has 5 rings (SSSR count). The fourth-order valence-electron chi connectivity index (χ4n) is 4.58. The molecule has 1 N–H and O–H groups in total. The molecule has 0 aromatic heterocycles. The summed E-state index contributed by atoms with van der Waals surface area (Å²) in [5.74, 6) is -3.78. The lowest BCUT2D eigenvalue weighted by Crippen LogP contribution is -2.35. The van der Waals surface area contributed by atoms with E-state index >= 15 is 0 Å². The first kappa shape index (κ1) is 38.0. The monoisotopic (exact) mass is 788 g/mol. The van der Waals surface area contributed by atoms with Gasteiger partial charge in [-0.05, 0) is 35.4 Å². The lowest BCUT2D eigenvalue weighted by Gasteiger charge is -2.27. The van der Waals surface area contributed by atoms with E-state index in [0.717, 1.165) is 12.1 Å². The first-order valence-electron chi connectivity index (χ1n) is 14.7.